The van der Waals surface area contributed by atoms with Crippen LogP contribution >= 0.6 is 0 Å². The maximum atomic E-state index is 4.34. The highest BCUT2D eigenvalue weighted by Gasteiger charge is 1.99. The van der Waals surface area contributed by atoms with Gasteiger partial charge in [0.2, 0.25) is 0 Å². The fourth-order valence-electron chi connectivity index (χ4n) is 1.66. The van der Waals surface area contributed by atoms with Gasteiger partial charge in [0, 0.05) is 11.9 Å². The van der Waals surface area contributed by atoms with E-state index < -0.39 is 0 Å². The second-order valence-corrected chi connectivity index (χ2v) is 5.37. The zero-order chi connectivity index (χ0) is 10.3. The minimum absolute atomic E-state index is 0.0477. The zero-order valence-corrected chi connectivity index (χ0v) is 10.2. The molecule has 2 heteroatoms. The quantitative estimate of drug-likeness (QED) is 0.702. The van der Waals surface area contributed by atoms with E-state index in [9.17, 15) is 0 Å². The molecule has 1 heterocycles. The molecule has 72 valence electrons. The van der Waals surface area contributed by atoms with Gasteiger partial charge in [0.15, 0.2) is 0 Å². The summed E-state index contributed by atoms with van der Waals surface area (Å²) in [6, 6.07) is 16.9. The summed E-state index contributed by atoms with van der Waals surface area (Å²) < 4.78 is 2.48. The fraction of sp³-hybridized carbons (Fsp3) is 0.154. The standard InChI is InChI=1S/C7H7.C6H6N.Mg/c1-7-5-3-2-4-6-7;1-6-4-2-3-5-7-6;/h2-6H,1H2;2-5H,1H2;. The lowest BCUT2D eigenvalue weighted by molar-refractivity contribution is 1.15. The molecule has 0 fully saturated rings. The number of hydrogen-bond donors (Lipinski definition) is 0. The maximum absolute atomic E-state index is 4.34. The molecular weight excluding hydrogens is 194 g/mol. The van der Waals surface area contributed by atoms with Crippen molar-refractivity contribution in [2.24, 2.45) is 0 Å². The van der Waals surface area contributed by atoms with E-state index in [0.29, 0.717) is 0 Å². The monoisotopic (exact) mass is 207 g/mol. The minimum atomic E-state index is -0.0477. The van der Waals surface area contributed by atoms with Crippen LogP contribution in [0.5, 0.6) is 0 Å². The van der Waals surface area contributed by atoms with Crippen LogP contribution in [0.15, 0.2) is 54.7 Å². The second kappa shape index (κ2) is 5.88. The molecule has 0 bridgehead atoms. The molecule has 0 radical (unpaired) electrons. The summed E-state index contributed by atoms with van der Waals surface area (Å²) in [5.41, 5.74) is 2.72. The number of nitrogens with zero attached hydrogens (tertiary/aromatic N) is 1. The maximum Gasteiger partial charge on any atom is 0.379 e. The molecule has 0 amide bonds. The van der Waals surface area contributed by atoms with Crippen molar-refractivity contribution in [1.29, 1.82) is 0 Å². The van der Waals surface area contributed by atoms with E-state index in [2.05, 4.69) is 47.4 Å². The number of benzene rings is 1. The first kappa shape index (κ1) is 10.6. The van der Waals surface area contributed by atoms with Crippen molar-refractivity contribution in [3.8, 4) is 0 Å². The lowest BCUT2D eigenvalue weighted by atomic mass is 10.2. The van der Waals surface area contributed by atoms with Crippen LogP contribution < -0.4 is 0 Å². The van der Waals surface area contributed by atoms with Gasteiger partial charge in [0.25, 0.3) is 0 Å². The first-order chi connectivity index (χ1) is 7.45. The Balaban J connectivity index is 1.81. The molecule has 1 aromatic carbocycles. The highest BCUT2D eigenvalue weighted by atomic mass is 24.5. The lowest BCUT2D eigenvalue weighted by Crippen LogP contribution is -2.02. The molecule has 0 aliphatic heterocycles. The van der Waals surface area contributed by atoms with Crippen molar-refractivity contribution in [3.05, 3.63) is 66.0 Å². The van der Waals surface area contributed by atoms with E-state index in [4.69, 9.17) is 0 Å². The highest BCUT2D eigenvalue weighted by Crippen LogP contribution is 2.00. The molecule has 1 nitrogen and oxygen atoms in total. The van der Waals surface area contributed by atoms with Crippen LogP contribution in [0.1, 0.15) is 11.3 Å². The van der Waals surface area contributed by atoms with Gasteiger partial charge in [-0.25, -0.2) is 0 Å². The first-order valence-corrected chi connectivity index (χ1v) is 7.39. The van der Waals surface area contributed by atoms with Crippen LogP contribution in [-0.2, 0) is 9.10 Å². The molecular formula is C13H13MgN. The average Bonchev–Trinajstić information content (AvgIpc) is 2.32. The molecule has 0 atom stereocenters. The smallest absolute Gasteiger partial charge is 0.264 e. The molecule has 0 saturated heterocycles. The Hall–Kier alpha value is -0.864. The van der Waals surface area contributed by atoms with Crippen LogP contribution in [-0.4, -0.2) is 25.3 Å². The van der Waals surface area contributed by atoms with Crippen molar-refractivity contribution in [1.82, 2.24) is 4.98 Å². The highest BCUT2D eigenvalue weighted by molar-refractivity contribution is 6.34. The van der Waals surface area contributed by atoms with Crippen LogP contribution in [0.3, 0.4) is 0 Å². The van der Waals surface area contributed by atoms with Gasteiger partial charge in [0.05, 0.1) is 0 Å². The van der Waals surface area contributed by atoms with Gasteiger partial charge in [0.1, 0.15) is 0 Å². The van der Waals surface area contributed by atoms with E-state index in [1.807, 2.05) is 12.3 Å². The summed E-state index contributed by atoms with van der Waals surface area (Å²) in [7, 11) is 0. The molecule has 0 aliphatic rings. The third kappa shape index (κ3) is 3.65. The van der Waals surface area contributed by atoms with Gasteiger partial charge >= 0.3 is 20.4 Å². The normalized spacial score (nSPS) is 9.60. The Bertz CT molecular complexity index is 346. The van der Waals surface area contributed by atoms with Gasteiger partial charge in [-0.3, -0.25) is 4.98 Å². The van der Waals surface area contributed by atoms with Crippen LogP contribution in [0.25, 0.3) is 0 Å². The third-order valence-corrected chi connectivity index (χ3v) is 4.26. The summed E-state index contributed by atoms with van der Waals surface area (Å²) in [6.07, 6.45) is 1.88. The van der Waals surface area contributed by atoms with Crippen molar-refractivity contribution in [2.45, 2.75) is 9.10 Å². The van der Waals surface area contributed by atoms with Gasteiger partial charge < -0.3 is 0 Å². The van der Waals surface area contributed by atoms with Gasteiger partial charge in [-0.1, -0.05) is 42.0 Å². The Morgan fingerprint density at radius 3 is 2.40 bits per heavy atom. The predicted octanol–water partition coefficient (Wildman–Crippen LogP) is 2.49. The summed E-state index contributed by atoms with van der Waals surface area (Å²) in [6.45, 7) is 0. The van der Waals surface area contributed by atoms with E-state index in [1.54, 1.807) is 0 Å². The van der Waals surface area contributed by atoms with Gasteiger partial charge in [-0.2, -0.15) is 0 Å². The topological polar surface area (TPSA) is 12.9 Å². The minimum Gasteiger partial charge on any atom is -0.264 e. The third-order valence-electron chi connectivity index (χ3n) is 2.47. The van der Waals surface area contributed by atoms with Crippen molar-refractivity contribution < 1.29 is 0 Å². The number of aromatic nitrogens is 1. The molecule has 0 aliphatic carbocycles. The predicted molar refractivity (Wildman–Crippen MR) is 63.8 cm³/mol. The zero-order valence-electron chi connectivity index (χ0n) is 8.76. The number of rotatable bonds is 4. The SMILES string of the molecule is c1ccc([CH2][Mg][CH2]c2ccccn2)cc1. The molecule has 0 N–H and O–H groups in total. The van der Waals surface area contributed by atoms with Crippen molar-refractivity contribution in [3.63, 3.8) is 0 Å². The molecule has 15 heavy (non-hydrogen) atoms. The largest absolute Gasteiger partial charge is 0.379 e. The van der Waals surface area contributed by atoms with E-state index in [1.165, 1.54) is 20.4 Å². The summed E-state index contributed by atoms with van der Waals surface area (Å²) in [4.78, 5) is 4.34. The molecule has 0 unspecified atom stereocenters. The Kier molecular flexibility index (Phi) is 4.18. The van der Waals surface area contributed by atoms with Crippen LogP contribution in [0, 0.1) is 0 Å². The van der Waals surface area contributed by atoms with E-state index >= 15 is 0 Å². The molecule has 2 aromatic rings. The molecule has 0 saturated carbocycles. The van der Waals surface area contributed by atoms with Crippen LogP contribution in [0.4, 0.5) is 0 Å². The Morgan fingerprint density at radius 2 is 1.67 bits per heavy atom. The van der Waals surface area contributed by atoms with Crippen molar-refractivity contribution in [2.75, 3.05) is 0 Å². The summed E-state index contributed by atoms with van der Waals surface area (Å²) in [5, 5.41) is 0. The lowest BCUT2D eigenvalue weighted by Gasteiger charge is -1.99. The molecule has 1 aromatic heterocycles. The summed E-state index contributed by atoms with van der Waals surface area (Å²) in [5.74, 6) is 0. The molecule has 2 rings (SSSR count). The first-order valence-electron chi connectivity index (χ1n) is 5.39. The summed E-state index contributed by atoms with van der Waals surface area (Å²) >= 11 is -0.0477. The fourth-order valence-corrected chi connectivity index (χ4v) is 3.24. The van der Waals surface area contributed by atoms with Gasteiger partial charge in [-0.15, -0.1) is 9.10 Å². The Morgan fingerprint density at radius 1 is 0.867 bits per heavy atom. The molecule has 0 spiro atoms. The Labute approximate surface area is 100 Å². The van der Waals surface area contributed by atoms with Crippen molar-refractivity contribution >= 4 is 20.4 Å². The van der Waals surface area contributed by atoms with Gasteiger partial charge in [-0.05, 0) is 12.1 Å². The second-order valence-electron chi connectivity index (χ2n) is 3.66. The van der Waals surface area contributed by atoms with E-state index in [0.717, 1.165) is 0 Å². The number of pyridine rings is 1. The number of hydrogen-bond acceptors (Lipinski definition) is 1. The van der Waals surface area contributed by atoms with E-state index in [-0.39, 0.29) is 20.4 Å². The van der Waals surface area contributed by atoms with Crippen LogP contribution in [0.2, 0.25) is 0 Å². The average molecular weight is 208 g/mol.